The third kappa shape index (κ3) is 4.60. The molecule has 2 heterocycles. The first-order valence-electron chi connectivity index (χ1n) is 9.39. The number of aromatic nitrogens is 1. The second-order valence-electron chi connectivity index (χ2n) is 6.92. The highest BCUT2D eigenvalue weighted by Crippen LogP contribution is 2.16. The molecule has 0 bridgehead atoms. The highest BCUT2D eigenvalue weighted by atomic mass is 16.5. The number of pyridine rings is 1. The zero-order valence-electron chi connectivity index (χ0n) is 16.5. The van der Waals surface area contributed by atoms with Crippen molar-refractivity contribution in [1.29, 1.82) is 0 Å². The number of rotatable bonds is 4. The fourth-order valence-electron chi connectivity index (χ4n) is 3.15. The third-order valence-electron chi connectivity index (χ3n) is 4.95. The number of methoxy groups -OCH3 is 1. The van der Waals surface area contributed by atoms with E-state index in [2.05, 4.69) is 10.3 Å². The van der Waals surface area contributed by atoms with E-state index in [1.54, 1.807) is 41.3 Å². The van der Waals surface area contributed by atoms with Gasteiger partial charge in [-0.05, 0) is 43.7 Å². The molecule has 1 aromatic carbocycles. The van der Waals surface area contributed by atoms with Crippen LogP contribution in [0.5, 0.6) is 5.75 Å². The summed E-state index contributed by atoms with van der Waals surface area (Å²) in [6.45, 7) is 5.88. The molecule has 1 aromatic heterocycles. The van der Waals surface area contributed by atoms with Gasteiger partial charge < -0.3 is 19.9 Å². The van der Waals surface area contributed by atoms with Crippen LogP contribution in [-0.2, 0) is 0 Å². The molecule has 7 heteroatoms. The van der Waals surface area contributed by atoms with Crippen LogP contribution in [0.15, 0.2) is 42.6 Å². The van der Waals surface area contributed by atoms with Crippen molar-refractivity contribution in [3.63, 3.8) is 0 Å². The first kappa shape index (κ1) is 19.7. The quantitative estimate of drug-likeness (QED) is 0.882. The number of urea groups is 1. The molecule has 1 saturated heterocycles. The van der Waals surface area contributed by atoms with Crippen molar-refractivity contribution in [2.24, 2.45) is 0 Å². The van der Waals surface area contributed by atoms with Gasteiger partial charge in [0.2, 0.25) is 0 Å². The normalized spacial score (nSPS) is 15.1. The van der Waals surface area contributed by atoms with Crippen molar-refractivity contribution in [1.82, 2.24) is 20.1 Å². The lowest BCUT2D eigenvalue weighted by Crippen LogP contribution is -2.53. The molecule has 3 amide bonds. The Balaban J connectivity index is 1.53. The fourth-order valence-corrected chi connectivity index (χ4v) is 3.15. The molecule has 0 saturated carbocycles. The average molecular weight is 382 g/mol. The molecule has 3 rings (SSSR count). The number of hydrogen-bond donors (Lipinski definition) is 1. The molecule has 2 aromatic rings. The minimum Gasteiger partial charge on any atom is -0.497 e. The number of amides is 3. The molecule has 0 radical (unpaired) electrons. The predicted molar refractivity (Wildman–Crippen MR) is 106 cm³/mol. The Morgan fingerprint density at radius 3 is 2.46 bits per heavy atom. The number of nitrogens with one attached hydrogen (secondary N) is 1. The lowest BCUT2D eigenvalue weighted by Gasteiger charge is -2.35. The summed E-state index contributed by atoms with van der Waals surface area (Å²) in [6.07, 6.45) is 1.78. The Hall–Kier alpha value is -3.09. The highest BCUT2D eigenvalue weighted by molar-refractivity contribution is 5.94. The molecule has 0 spiro atoms. The highest BCUT2D eigenvalue weighted by Gasteiger charge is 2.25. The largest absolute Gasteiger partial charge is 0.497 e. The van der Waals surface area contributed by atoms with Crippen molar-refractivity contribution < 1.29 is 14.3 Å². The van der Waals surface area contributed by atoms with E-state index in [9.17, 15) is 9.59 Å². The monoisotopic (exact) mass is 382 g/mol. The van der Waals surface area contributed by atoms with Gasteiger partial charge in [0, 0.05) is 43.6 Å². The average Bonchev–Trinajstić information content (AvgIpc) is 2.73. The van der Waals surface area contributed by atoms with Crippen LogP contribution in [0.3, 0.4) is 0 Å². The molecular weight excluding hydrogens is 356 g/mol. The summed E-state index contributed by atoms with van der Waals surface area (Å²) in [5.74, 6) is 0.613. The van der Waals surface area contributed by atoms with Gasteiger partial charge in [-0.15, -0.1) is 0 Å². The number of aryl methyl sites for hydroxylation is 1. The lowest BCUT2D eigenvalue weighted by molar-refractivity contribution is 0.0663. The zero-order chi connectivity index (χ0) is 20.1. The van der Waals surface area contributed by atoms with Gasteiger partial charge in [0.1, 0.15) is 5.75 Å². The van der Waals surface area contributed by atoms with Crippen LogP contribution in [0.25, 0.3) is 0 Å². The molecule has 1 aliphatic rings. The van der Waals surface area contributed by atoms with Crippen molar-refractivity contribution in [2.75, 3.05) is 33.3 Å². The van der Waals surface area contributed by atoms with Crippen LogP contribution in [0.4, 0.5) is 4.79 Å². The van der Waals surface area contributed by atoms with Crippen molar-refractivity contribution in [2.45, 2.75) is 19.9 Å². The number of ether oxygens (including phenoxy) is 1. The minimum absolute atomic E-state index is 0.0435. The van der Waals surface area contributed by atoms with E-state index in [1.807, 2.05) is 32.0 Å². The maximum atomic E-state index is 12.7. The van der Waals surface area contributed by atoms with E-state index in [4.69, 9.17) is 4.74 Å². The van der Waals surface area contributed by atoms with Crippen LogP contribution in [0, 0.1) is 6.92 Å². The van der Waals surface area contributed by atoms with E-state index >= 15 is 0 Å². The smallest absolute Gasteiger partial charge is 0.317 e. The fraction of sp³-hybridized carbons (Fsp3) is 0.381. The second-order valence-corrected chi connectivity index (χ2v) is 6.92. The minimum atomic E-state index is -0.128. The topological polar surface area (TPSA) is 74.8 Å². The molecule has 28 heavy (non-hydrogen) atoms. The van der Waals surface area contributed by atoms with Crippen LogP contribution in [0.1, 0.15) is 34.6 Å². The van der Waals surface area contributed by atoms with Gasteiger partial charge in [-0.3, -0.25) is 9.78 Å². The van der Waals surface area contributed by atoms with Gasteiger partial charge in [0.05, 0.1) is 13.2 Å². The molecule has 1 aliphatic heterocycles. The van der Waals surface area contributed by atoms with E-state index in [-0.39, 0.29) is 18.0 Å². The molecule has 0 unspecified atom stereocenters. The van der Waals surface area contributed by atoms with Crippen molar-refractivity contribution in [3.8, 4) is 5.75 Å². The first-order chi connectivity index (χ1) is 13.5. The van der Waals surface area contributed by atoms with Gasteiger partial charge in [-0.25, -0.2) is 4.79 Å². The van der Waals surface area contributed by atoms with E-state index in [0.717, 1.165) is 11.3 Å². The van der Waals surface area contributed by atoms with Gasteiger partial charge in [0.15, 0.2) is 0 Å². The Bertz CT molecular complexity index is 830. The van der Waals surface area contributed by atoms with Gasteiger partial charge in [-0.1, -0.05) is 12.1 Å². The SMILES string of the molecule is COc1cccc(C(=O)N2CCN(C(=O)N[C@H](C)c3ccc(C)nc3)CC2)c1. The Morgan fingerprint density at radius 1 is 1.11 bits per heavy atom. The molecule has 1 N–H and O–H groups in total. The molecule has 7 nitrogen and oxygen atoms in total. The Morgan fingerprint density at radius 2 is 1.82 bits per heavy atom. The van der Waals surface area contributed by atoms with Crippen LogP contribution in [0.2, 0.25) is 0 Å². The molecule has 0 aliphatic carbocycles. The first-order valence-corrected chi connectivity index (χ1v) is 9.39. The maximum absolute atomic E-state index is 12.7. The molecule has 148 valence electrons. The summed E-state index contributed by atoms with van der Waals surface area (Å²) in [6, 6.07) is 10.8. The second kappa shape index (κ2) is 8.73. The van der Waals surface area contributed by atoms with Gasteiger partial charge in [-0.2, -0.15) is 0 Å². The van der Waals surface area contributed by atoms with E-state index in [1.165, 1.54) is 0 Å². The van der Waals surface area contributed by atoms with Gasteiger partial charge >= 0.3 is 6.03 Å². The summed E-state index contributed by atoms with van der Waals surface area (Å²) in [4.78, 5) is 33.0. The standard InChI is InChI=1S/C21H26N4O3/c1-15-7-8-18(14-22-15)16(2)23-21(27)25-11-9-24(10-12-25)20(26)17-5-4-6-19(13-17)28-3/h4-8,13-14,16H,9-12H2,1-3H3,(H,23,27)/t16-/m1/s1. The summed E-state index contributed by atoms with van der Waals surface area (Å²) >= 11 is 0. The number of nitrogens with zero attached hydrogens (tertiary/aromatic N) is 3. The number of hydrogen-bond acceptors (Lipinski definition) is 4. The van der Waals surface area contributed by atoms with Crippen LogP contribution >= 0.6 is 0 Å². The molecule has 1 atom stereocenters. The predicted octanol–water partition coefficient (Wildman–Crippen LogP) is 2.63. The summed E-state index contributed by atoms with van der Waals surface area (Å²) in [5.41, 5.74) is 2.50. The summed E-state index contributed by atoms with van der Waals surface area (Å²) < 4.78 is 5.18. The zero-order valence-corrected chi connectivity index (χ0v) is 16.5. The maximum Gasteiger partial charge on any atom is 0.317 e. The van der Waals surface area contributed by atoms with Gasteiger partial charge in [0.25, 0.3) is 5.91 Å². The Kier molecular flexibility index (Phi) is 6.13. The molecular formula is C21H26N4O3. The van der Waals surface area contributed by atoms with Crippen LogP contribution < -0.4 is 10.1 Å². The van der Waals surface area contributed by atoms with Crippen molar-refractivity contribution >= 4 is 11.9 Å². The van der Waals surface area contributed by atoms with Crippen LogP contribution in [-0.4, -0.2) is 60.0 Å². The lowest BCUT2D eigenvalue weighted by atomic mass is 10.1. The third-order valence-corrected chi connectivity index (χ3v) is 4.95. The Labute approximate surface area is 165 Å². The number of carbonyl (C=O) groups is 2. The van der Waals surface area contributed by atoms with E-state index < -0.39 is 0 Å². The molecule has 1 fully saturated rings. The summed E-state index contributed by atoms with van der Waals surface area (Å²) in [7, 11) is 1.58. The number of carbonyl (C=O) groups excluding carboxylic acids is 2. The number of benzene rings is 1. The van der Waals surface area contributed by atoms with E-state index in [0.29, 0.717) is 37.5 Å². The number of piperazine rings is 1. The summed E-state index contributed by atoms with van der Waals surface area (Å²) in [5, 5.41) is 3.00. The van der Waals surface area contributed by atoms with Crippen molar-refractivity contribution in [3.05, 3.63) is 59.4 Å².